The SMILES string of the molecule is Nc1nc2ncc(CNc3ccc(C(=O)NC(CCC(=O)O)C(=O)NC(CCCCNC(=O)CN4CCN(CC(=O)O)CCN(CC(=O)O)CCN(CC(=O)O)CC4)C(=O)NC(CCCCNC(=O)CCCc4ccc(I)cc4)C(=O)O)cc3)nc2c(=O)[nH]1. The highest BCUT2D eigenvalue weighted by Gasteiger charge is 2.31. The fourth-order valence-electron chi connectivity index (χ4n) is 9.48. The molecule has 4 aromatic rings. The zero-order chi connectivity index (χ0) is 64.8. The molecule has 5 amide bonds. The smallest absolute Gasteiger partial charge is 0.326 e. The van der Waals surface area contributed by atoms with Crippen molar-refractivity contribution in [2.75, 3.05) is 103 Å². The Morgan fingerprint density at radius 2 is 1.08 bits per heavy atom. The van der Waals surface area contributed by atoms with Gasteiger partial charge in [-0.2, -0.15) is 4.98 Å². The first-order valence-electron chi connectivity index (χ1n) is 29.0. The lowest BCUT2D eigenvalue weighted by Gasteiger charge is -2.32. The van der Waals surface area contributed by atoms with Crippen molar-refractivity contribution in [3.63, 3.8) is 0 Å². The highest BCUT2D eigenvalue weighted by atomic mass is 127. The van der Waals surface area contributed by atoms with Gasteiger partial charge < -0.3 is 63.2 Å². The number of aliphatic carboxylic acids is 5. The van der Waals surface area contributed by atoms with Crippen molar-refractivity contribution in [2.24, 2.45) is 0 Å². The number of nitrogens with two attached hydrogens (primary N) is 1. The summed E-state index contributed by atoms with van der Waals surface area (Å²) in [6, 6.07) is 9.58. The van der Waals surface area contributed by atoms with Gasteiger partial charge in [-0.1, -0.05) is 12.1 Å². The number of carbonyl (C=O) groups excluding carboxylic acids is 5. The average Bonchev–Trinajstić information content (AvgIpc) is 3.48. The van der Waals surface area contributed by atoms with Gasteiger partial charge in [-0.25, -0.2) is 14.8 Å². The Kier molecular flexibility index (Phi) is 29.9. The molecule has 3 atom stereocenters. The maximum Gasteiger partial charge on any atom is 0.326 e. The second kappa shape index (κ2) is 37.4. The van der Waals surface area contributed by atoms with Crippen LogP contribution in [0, 0.1) is 3.57 Å². The lowest BCUT2D eigenvalue weighted by Crippen LogP contribution is -2.55. The van der Waals surface area contributed by atoms with Crippen LogP contribution < -0.4 is 43.2 Å². The number of aromatic amines is 1. The lowest BCUT2D eigenvalue weighted by atomic mass is 10.0. The number of unbranched alkanes of at least 4 members (excludes halogenated alkanes) is 2. The van der Waals surface area contributed by atoms with Crippen LogP contribution in [0.4, 0.5) is 11.6 Å². The second-order valence-corrected chi connectivity index (χ2v) is 22.5. The van der Waals surface area contributed by atoms with E-state index in [1.54, 1.807) is 31.7 Å². The number of rotatable bonds is 35. The molecule has 3 heterocycles. The molecule has 2 aromatic heterocycles. The highest BCUT2D eigenvalue weighted by Crippen LogP contribution is 2.15. The maximum atomic E-state index is 14.1. The van der Waals surface area contributed by atoms with Gasteiger partial charge in [-0.05, 0) is 122 Å². The van der Waals surface area contributed by atoms with E-state index in [0.717, 1.165) is 15.6 Å². The van der Waals surface area contributed by atoms with Gasteiger partial charge in [0.2, 0.25) is 29.6 Å². The van der Waals surface area contributed by atoms with Gasteiger partial charge in [0.05, 0.1) is 44.6 Å². The number of nitrogen functional groups attached to an aromatic ring is 1. The Labute approximate surface area is 525 Å². The molecule has 5 rings (SSSR count). The van der Waals surface area contributed by atoms with E-state index < -0.39 is 90.0 Å². The molecule has 2 aromatic carbocycles. The number of hydrogen-bond acceptors (Lipinski definition) is 20. The second-order valence-electron chi connectivity index (χ2n) is 21.3. The average molecular weight is 1360 g/mol. The summed E-state index contributed by atoms with van der Waals surface area (Å²) in [7, 11) is 0. The van der Waals surface area contributed by atoms with E-state index in [0.29, 0.717) is 30.6 Å². The van der Waals surface area contributed by atoms with Crippen molar-refractivity contribution >= 4 is 105 Å². The summed E-state index contributed by atoms with van der Waals surface area (Å²) < 4.78 is 1.10. The van der Waals surface area contributed by atoms with Crippen LogP contribution in [-0.2, 0) is 56.1 Å². The predicted octanol–water partition coefficient (Wildman–Crippen LogP) is -0.399. The molecule has 32 heteroatoms. The van der Waals surface area contributed by atoms with Crippen LogP contribution in [0.1, 0.15) is 85.8 Å². The third-order valence-electron chi connectivity index (χ3n) is 14.3. The topological polar surface area (TPSA) is 455 Å². The van der Waals surface area contributed by atoms with Gasteiger partial charge in [-0.3, -0.25) is 72.5 Å². The molecule has 0 bridgehead atoms. The van der Waals surface area contributed by atoms with Crippen LogP contribution in [0.2, 0.25) is 0 Å². The first-order valence-corrected chi connectivity index (χ1v) is 30.1. The number of nitrogens with one attached hydrogen (secondary N) is 7. The molecule has 14 N–H and O–H groups in total. The van der Waals surface area contributed by atoms with Crippen LogP contribution in [0.25, 0.3) is 11.2 Å². The number of amides is 5. The van der Waals surface area contributed by atoms with Crippen molar-refractivity contribution in [2.45, 2.75) is 95.3 Å². The maximum absolute atomic E-state index is 14.1. The molecule has 89 heavy (non-hydrogen) atoms. The van der Waals surface area contributed by atoms with E-state index in [2.05, 4.69) is 74.4 Å². The summed E-state index contributed by atoms with van der Waals surface area (Å²) >= 11 is 2.22. The minimum absolute atomic E-state index is 0.0204. The third kappa shape index (κ3) is 27.2. The Balaban J connectivity index is 1.22. The fourth-order valence-corrected chi connectivity index (χ4v) is 9.84. The molecular formula is C57H78IN15O16. The molecule has 484 valence electrons. The monoisotopic (exact) mass is 1360 g/mol. The van der Waals surface area contributed by atoms with Gasteiger partial charge in [0.15, 0.2) is 11.2 Å². The molecule has 1 fully saturated rings. The summed E-state index contributed by atoms with van der Waals surface area (Å²) in [6.45, 7) is 0.751. The summed E-state index contributed by atoms with van der Waals surface area (Å²) in [6.07, 6.45) is 2.94. The summed E-state index contributed by atoms with van der Waals surface area (Å²) in [4.78, 5) is 161. The van der Waals surface area contributed by atoms with Crippen molar-refractivity contribution < 1.29 is 73.5 Å². The van der Waals surface area contributed by atoms with Crippen molar-refractivity contribution in [3.05, 3.63) is 85.5 Å². The Hall–Kier alpha value is -8.47. The standard InChI is InChI=1S/C57H78IN15O16/c58-38-14-10-36(11-15-38)6-5-9-44(74)60-20-4-2-8-43(56(88)89)67-53(85)41(7-1-3-21-61-45(75)32-70-22-24-71(33-47(78)79)26-28-73(35-49(82)83)29-27-72(25-23-70)34-48(80)81)66-54(86)42(18-19-46(76)77)65-52(84)37-12-16-39(17-13-37)62-30-40-31-63-51-50(64-40)55(87)69-57(59)68-51/h10-17,31,41-43,62H,1-9,18-30,32-35H2,(H,60,74)(H,61,75)(H,65,84)(H,66,86)(H,67,85)(H,76,77)(H,78,79)(H,80,81)(H,82,83)(H,88,89)(H3,59,63,68,69,87). The summed E-state index contributed by atoms with van der Waals surface area (Å²) in [5, 5.41) is 64.9. The van der Waals surface area contributed by atoms with Gasteiger partial charge in [0.25, 0.3) is 11.5 Å². The lowest BCUT2D eigenvalue weighted by molar-refractivity contribution is -0.142. The van der Waals surface area contributed by atoms with E-state index in [1.165, 1.54) is 18.3 Å². The number of carbonyl (C=O) groups is 10. The molecule has 0 aliphatic carbocycles. The zero-order valence-electron chi connectivity index (χ0n) is 49.1. The van der Waals surface area contributed by atoms with Gasteiger partial charge in [0.1, 0.15) is 18.1 Å². The van der Waals surface area contributed by atoms with E-state index in [-0.39, 0.29) is 159 Å². The van der Waals surface area contributed by atoms with E-state index >= 15 is 0 Å². The van der Waals surface area contributed by atoms with Crippen LogP contribution >= 0.6 is 22.6 Å². The number of nitrogens with zero attached hydrogens (tertiary/aromatic N) is 7. The minimum Gasteiger partial charge on any atom is -0.481 e. The van der Waals surface area contributed by atoms with Crippen LogP contribution in [0.15, 0.2) is 59.5 Å². The number of H-pyrrole nitrogens is 1. The molecule has 31 nitrogen and oxygen atoms in total. The van der Waals surface area contributed by atoms with Crippen molar-refractivity contribution in [1.29, 1.82) is 0 Å². The number of aromatic nitrogens is 4. The van der Waals surface area contributed by atoms with Crippen molar-refractivity contribution in [3.8, 4) is 0 Å². The van der Waals surface area contributed by atoms with Crippen LogP contribution in [-0.4, -0.2) is 234 Å². The molecule has 0 saturated carbocycles. The van der Waals surface area contributed by atoms with E-state index in [9.17, 15) is 78.3 Å². The number of carboxylic acids is 5. The first kappa shape index (κ1) is 71.3. The number of benzene rings is 2. The molecule has 3 unspecified atom stereocenters. The number of carboxylic acid groups (broad SMARTS) is 5. The minimum atomic E-state index is -1.51. The van der Waals surface area contributed by atoms with Crippen LogP contribution in [0.3, 0.4) is 0 Å². The number of fused-ring (bicyclic) bond motifs is 1. The Morgan fingerprint density at radius 3 is 1.61 bits per heavy atom. The Morgan fingerprint density at radius 1 is 0.573 bits per heavy atom. The zero-order valence-corrected chi connectivity index (χ0v) is 51.3. The highest BCUT2D eigenvalue weighted by molar-refractivity contribution is 14.1. The van der Waals surface area contributed by atoms with Gasteiger partial charge >= 0.3 is 29.8 Å². The molecule has 1 aliphatic heterocycles. The number of aryl methyl sites for hydroxylation is 1. The Bertz CT molecular complexity index is 3090. The number of halogens is 1. The van der Waals surface area contributed by atoms with E-state index in [4.69, 9.17) is 5.73 Å². The molecule has 0 spiro atoms. The van der Waals surface area contributed by atoms with Crippen molar-refractivity contribution in [1.82, 2.24) is 66.1 Å². The summed E-state index contributed by atoms with van der Waals surface area (Å²) in [5.74, 6) is -9.31. The summed E-state index contributed by atoms with van der Waals surface area (Å²) in [5.41, 5.74) is 7.14. The molecular weight excluding hydrogens is 1280 g/mol. The quantitative estimate of drug-likeness (QED) is 0.0206. The van der Waals surface area contributed by atoms with E-state index in [1.807, 2.05) is 24.3 Å². The van der Waals surface area contributed by atoms with Gasteiger partial charge in [-0.15, -0.1) is 0 Å². The first-order chi connectivity index (χ1) is 42.5. The number of hydrogen-bond donors (Lipinski definition) is 13. The molecule has 1 aliphatic rings. The molecule has 0 radical (unpaired) electrons. The van der Waals surface area contributed by atoms with Crippen LogP contribution in [0.5, 0.6) is 0 Å². The normalized spacial score (nSPS) is 14.8. The predicted molar refractivity (Wildman–Crippen MR) is 330 cm³/mol. The molecule has 1 saturated heterocycles. The largest absolute Gasteiger partial charge is 0.481 e. The third-order valence-corrected chi connectivity index (χ3v) is 15.0. The fraction of sp³-hybridized carbons (Fsp3) is 0.509. The number of anilines is 2. The van der Waals surface area contributed by atoms with Gasteiger partial charge in [0, 0.05) is 93.1 Å².